The first-order chi connectivity index (χ1) is 9.33. The van der Waals surface area contributed by atoms with Crippen LogP contribution in [0.3, 0.4) is 0 Å². The number of rotatable bonds is 3. The van der Waals surface area contributed by atoms with E-state index in [1.54, 1.807) is 12.4 Å². The van der Waals surface area contributed by atoms with Crippen molar-refractivity contribution in [2.24, 2.45) is 0 Å². The third kappa shape index (κ3) is 2.80. The largest absolute Gasteiger partial charge is 0.368 e. The number of hydrogen-bond acceptors (Lipinski definition) is 5. The van der Waals surface area contributed by atoms with E-state index in [4.69, 9.17) is 4.74 Å². The summed E-state index contributed by atoms with van der Waals surface area (Å²) < 4.78 is 5.33. The molecule has 2 aromatic rings. The number of thiazole rings is 1. The van der Waals surface area contributed by atoms with Gasteiger partial charge in [0.1, 0.15) is 6.10 Å². The van der Waals surface area contributed by atoms with Crippen LogP contribution in [0.25, 0.3) is 11.3 Å². The van der Waals surface area contributed by atoms with E-state index >= 15 is 0 Å². The molecular weight excluding hydrogens is 262 g/mol. The molecule has 1 fully saturated rings. The molecule has 3 rings (SSSR count). The number of carbonyl (C=O) groups excluding carboxylic acids is 1. The number of nitrogens with one attached hydrogen (secondary N) is 1. The highest BCUT2D eigenvalue weighted by molar-refractivity contribution is 7.14. The van der Waals surface area contributed by atoms with Gasteiger partial charge in [0.2, 0.25) is 0 Å². The van der Waals surface area contributed by atoms with Gasteiger partial charge in [0.25, 0.3) is 5.91 Å². The van der Waals surface area contributed by atoms with E-state index in [1.807, 2.05) is 17.5 Å². The maximum Gasteiger partial charge on any atom is 0.255 e. The lowest BCUT2D eigenvalue weighted by atomic mass is 10.2. The summed E-state index contributed by atoms with van der Waals surface area (Å²) >= 11 is 1.41. The van der Waals surface area contributed by atoms with Crippen LogP contribution in [0.1, 0.15) is 12.8 Å². The minimum absolute atomic E-state index is 0.107. The number of pyridine rings is 1. The third-order valence-electron chi connectivity index (χ3n) is 2.91. The van der Waals surface area contributed by atoms with Crippen LogP contribution < -0.4 is 5.32 Å². The molecule has 1 amide bonds. The number of carbonyl (C=O) groups is 1. The van der Waals surface area contributed by atoms with Gasteiger partial charge in [-0.05, 0) is 25.0 Å². The SMILES string of the molecule is O=C(Nc1nc(-c2cccnc2)cs1)C1CCCO1. The Kier molecular flexibility index (Phi) is 3.52. The lowest BCUT2D eigenvalue weighted by Gasteiger charge is -2.07. The molecule has 98 valence electrons. The van der Waals surface area contributed by atoms with E-state index in [1.165, 1.54) is 11.3 Å². The summed E-state index contributed by atoms with van der Waals surface area (Å²) in [6.45, 7) is 0.664. The zero-order valence-corrected chi connectivity index (χ0v) is 11.0. The molecule has 3 heterocycles. The number of amides is 1. The molecule has 1 unspecified atom stereocenters. The molecule has 0 saturated carbocycles. The van der Waals surface area contributed by atoms with Gasteiger partial charge >= 0.3 is 0 Å². The lowest BCUT2D eigenvalue weighted by molar-refractivity contribution is -0.124. The highest BCUT2D eigenvalue weighted by Crippen LogP contribution is 2.24. The Hall–Kier alpha value is -1.79. The van der Waals surface area contributed by atoms with Gasteiger partial charge in [-0.3, -0.25) is 15.1 Å². The van der Waals surface area contributed by atoms with Gasteiger partial charge in [-0.15, -0.1) is 11.3 Å². The predicted octanol–water partition coefficient (Wildman–Crippen LogP) is 2.32. The topological polar surface area (TPSA) is 64.1 Å². The molecule has 0 radical (unpaired) electrons. The molecule has 0 aliphatic carbocycles. The Morgan fingerprint density at radius 3 is 3.21 bits per heavy atom. The van der Waals surface area contributed by atoms with Gasteiger partial charge in [0.15, 0.2) is 5.13 Å². The smallest absolute Gasteiger partial charge is 0.255 e. The fourth-order valence-corrected chi connectivity index (χ4v) is 2.67. The normalized spacial score (nSPS) is 18.4. The lowest BCUT2D eigenvalue weighted by Crippen LogP contribution is -2.26. The molecule has 2 aromatic heterocycles. The zero-order chi connectivity index (χ0) is 13.1. The van der Waals surface area contributed by atoms with Crippen LogP contribution in [0.15, 0.2) is 29.9 Å². The Morgan fingerprint density at radius 2 is 2.47 bits per heavy atom. The van der Waals surface area contributed by atoms with Crippen molar-refractivity contribution in [3.63, 3.8) is 0 Å². The molecule has 6 heteroatoms. The van der Waals surface area contributed by atoms with Crippen molar-refractivity contribution < 1.29 is 9.53 Å². The Labute approximate surface area is 114 Å². The maximum atomic E-state index is 11.9. The molecule has 0 spiro atoms. The molecule has 1 atom stereocenters. The summed E-state index contributed by atoms with van der Waals surface area (Å²) in [5.74, 6) is -0.107. The van der Waals surface area contributed by atoms with E-state index < -0.39 is 0 Å². The van der Waals surface area contributed by atoms with E-state index in [2.05, 4.69) is 15.3 Å². The molecule has 1 aliphatic heterocycles. The first kappa shape index (κ1) is 12.3. The molecular formula is C13H13N3O2S. The number of hydrogen-bond donors (Lipinski definition) is 1. The fraction of sp³-hybridized carbons (Fsp3) is 0.308. The van der Waals surface area contributed by atoms with E-state index in [-0.39, 0.29) is 12.0 Å². The van der Waals surface area contributed by atoms with Gasteiger partial charge in [-0.2, -0.15) is 0 Å². The van der Waals surface area contributed by atoms with Crippen molar-refractivity contribution in [2.45, 2.75) is 18.9 Å². The first-order valence-corrected chi connectivity index (χ1v) is 6.99. The number of aromatic nitrogens is 2. The average Bonchev–Trinajstić information content (AvgIpc) is 3.11. The Balaban J connectivity index is 1.70. The van der Waals surface area contributed by atoms with E-state index in [0.717, 1.165) is 24.1 Å². The first-order valence-electron chi connectivity index (χ1n) is 6.11. The van der Waals surface area contributed by atoms with Gasteiger partial charge in [-0.1, -0.05) is 0 Å². The van der Waals surface area contributed by atoms with Crippen molar-refractivity contribution >= 4 is 22.4 Å². The summed E-state index contributed by atoms with van der Waals surface area (Å²) in [6.07, 6.45) is 4.87. The average molecular weight is 275 g/mol. The van der Waals surface area contributed by atoms with Crippen LogP contribution in [0, 0.1) is 0 Å². The minimum atomic E-state index is -0.328. The summed E-state index contributed by atoms with van der Waals surface area (Å²) in [6, 6.07) is 3.80. The van der Waals surface area contributed by atoms with E-state index in [9.17, 15) is 4.79 Å². The second-order valence-corrected chi connectivity index (χ2v) is 5.13. The van der Waals surface area contributed by atoms with Crippen LogP contribution in [0.2, 0.25) is 0 Å². The number of nitrogens with zero attached hydrogens (tertiary/aromatic N) is 2. The molecule has 1 aliphatic rings. The van der Waals surface area contributed by atoms with Crippen LogP contribution in [0.4, 0.5) is 5.13 Å². The second kappa shape index (κ2) is 5.46. The molecule has 19 heavy (non-hydrogen) atoms. The monoisotopic (exact) mass is 275 g/mol. The summed E-state index contributed by atoms with van der Waals surface area (Å²) in [5, 5.41) is 5.30. The quantitative estimate of drug-likeness (QED) is 0.933. The van der Waals surface area contributed by atoms with E-state index in [0.29, 0.717) is 11.7 Å². The summed E-state index contributed by atoms with van der Waals surface area (Å²) in [4.78, 5) is 20.3. The number of anilines is 1. The molecule has 1 N–H and O–H groups in total. The van der Waals surface area contributed by atoms with Crippen LogP contribution in [-0.2, 0) is 9.53 Å². The zero-order valence-electron chi connectivity index (χ0n) is 10.2. The van der Waals surface area contributed by atoms with Crippen molar-refractivity contribution in [3.8, 4) is 11.3 Å². The molecule has 0 aromatic carbocycles. The minimum Gasteiger partial charge on any atom is -0.368 e. The van der Waals surface area contributed by atoms with Crippen LogP contribution in [-0.4, -0.2) is 28.6 Å². The van der Waals surface area contributed by atoms with Crippen LogP contribution >= 0.6 is 11.3 Å². The van der Waals surface area contributed by atoms with Crippen molar-refractivity contribution in [3.05, 3.63) is 29.9 Å². The van der Waals surface area contributed by atoms with Crippen LogP contribution in [0.5, 0.6) is 0 Å². The molecule has 1 saturated heterocycles. The standard InChI is InChI=1S/C13H13N3O2S/c17-12(11-4-2-6-18-11)16-13-15-10(8-19-13)9-3-1-5-14-7-9/h1,3,5,7-8,11H,2,4,6H2,(H,15,16,17). The van der Waals surface area contributed by atoms with Gasteiger partial charge in [-0.25, -0.2) is 4.98 Å². The van der Waals surface area contributed by atoms with Crippen molar-refractivity contribution in [1.82, 2.24) is 9.97 Å². The van der Waals surface area contributed by atoms with Gasteiger partial charge in [0.05, 0.1) is 5.69 Å². The Bertz CT molecular complexity index is 564. The highest BCUT2D eigenvalue weighted by atomic mass is 32.1. The Morgan fingerprint density at radius 1 is 1.53 bits per heavy atom. The third-order valence-corrected chi connectivity index (χ3v) is 3.67. The predicted molar refractivity (Wildman–Crippen MR) is 72.9 cm³/mol. The maximum absolute atomic E-state index is 11.9. The molecule has 0 bridgehead atoms. The van der Waals surface area contributed by atoms with Gasteiger partial charge < -0.3 is 4.74 Å². The summed E-state index contributed by atoms with van der Waals surface area (Å²) in [7, 11) is 0. The summed E-state index contributed by atoms with van der Waals surface area (Å²) in [5.41, 5.74) is 1.76. The van der Waals surface area contributed by atoms with Gasteiger partial charge in [0, 0.05) is 29.9 Å². The fourth-order valence-electron chi connectivity index (χ4n) is 1.95. The second-order valence-electron chi connectivity index (χ2n) is 4.27. The van der Waals surface area contributed by atoms with Crippen molar-refractivity contribution in [1.29, 1.82) is 0 Å². The van der Waals surface area contributed by atoms with Crippen molar-refractivity contribution in [2.75, 3.05) is 11.9 Å². The molecule has 5 nitrogen and oxygen atoms in total. The highest BCUT2D eigenvalue weighted by Gasteiger charge is 2.24. The number of ether oxygens (including phenoxy) is 1.